The van der Waals surface area contributed by atoms with Gasteiger partial charge < -0.3 is 5.11 Å². The minimum Gasteiger partial charge on any atom is -0.481 e. The number of hydrogen-bond donors (Lipinski definition) is 1. The van der Waals surface area contributed by atoms with E-state index in [0.29, 0.717) is 11.1 Å². The van der Waals surface area contributed by atoms with Crippen molar-refractivity contribution in [1.82, 2.24) is 4.90 Å². The summed E-state index contributed by atoms with van der Waals surface area (Å²) in [6.45, 7) is 0. The lowest BCUT2D eigenvalue weighted by atomic mass is 10.1. The molecule has 1 aliphatic heterocycles. The summed E-state index contributed by atoms with van der Waals surface area (Å²) in [7, 11) is 0. The molecule has 1 aromatic carbocycles. The molecule has 2 heterocycles. The summed E-state index contributed by atoms with van der Waals surface area (Å²) in [6.07, 6.45) is 0.108. The van der Waals surface area contributed by atoms with Crippen LogP contribution in [0.1, 0.15) is 44.5 Å². The minimum atomic E-state index is -0.946. The lowest BCUT2D eigenvalue weighted by Gasteiger charge is -2.24. The van der Waals surface area contributed by atoms with Crippen LogP contribution in [0.5, 0.6) is 0 Å². The van der Waals surface area contributed by atoms with Crippen LogP contribution in [0.25, 0.3) is 0 Å². The van der Waals surface area contributed by atoms with Crippen LogP contribution < -0.4 is 0 Å². The van der Waals surface area contributed by atoms with Gasteiger partial charge in [0.15, 0.2) is 0 Å². The second-order valence-electron chi connectivity index (χ2n) is 4.99. The van der Waals surface area contributed by atoms with Crippen LogP contribution in [0.3, 0.4) is 0 Å². The number of hydrogen-bond acceptors (Lipinski definition) is 4. The van der Waals surface area contributed by atoms with Crippen molar-refractivity contribution in [2.75, 3.05) is 0 Å². The molecule has 1 N–H and O–H groups in total. The number of carbonyl (C=O) groups excluding carboxylic acids is 2. The van der Waals surface area contributed by atoms with Gasteiger partial charge in [0.25, 0.3) is 11.8 Å². The SMILES string of the molecule is O=C(O)CCC(c1cccs1)N1C(=O)c2ccccc2C1=O. The zero-order chi connectivity index (χ0) is 15.7. The van der Waals surface area contributed by atoms with Crippen LogP contribution in [-0.2, 0) is 4.79 Å². The molecule has 0 spiro atoms. The molecule has 2 amide bonds. The Morgan fingerprint density at radius 3 is 2.23 bits per heavy atom. The first-order valence-corrected chi connectivity index (χ1v) is 7.69. The predicted molar refractivity (Wildman–Crippen MR) is 80.9 cm³/mol. The molecule has 1 aliphatic rings. The van der Waals surface area contributed by atoms with Crippen molar-refractivity contribution in [3.63, 3.8) is 0 Å². The molecule has 22 heavy (non-hydrogen) atoms. The lowest BCUT2D eigenvalue weighted by Crippen LogP contribution is -2.34. The zero-order valence-corrected chi connectivity index (χ0v) is 12.4. The molecule has 0 bridgehead atoms. The van der Waals surface area contributed by atoms with Crippen LogP contribution in [0.4, 0.5) is 0 Å². The molecule has 0 saturated carbocycles. The average molecular weight is 315 g/mol. The number of aliphatic carboxylic acids is 1. The van der Waals surface area contributed by atoms with E-state index in [0.717, 1.165) is 4.88 Å². The Labute approximate surface area is 130 Å². The van der Waals surface area contributed by atoms with E-state index in [4.69, 9.17) is 5.11 Å². The highest BCUT2D eigenvalue weighted by Gasteiger charge is 2.40. The molecule has 1 atom stereocenters. The van der Waals surface area contributed by atoms with E-state index in [1.807, 2.05) is 17.5 Å². The minimum absolute atomic E-state index is 0.101. The van der Waals surface area contributed by atoms with Crippen molar-refractivity contribution >= 4 is 29.1 Å². The van der Waals surface area contributed by atoms with Crippen molar-refractivity contribution in [1.29, 1.82) is 0 Å². The summed E-state index contributed by atoms with van der Waals surface area (Å²) < 4.78 is 0. The Balaban J connectivity index is 1.97. The van der Waals surface area contributed by atoms with Crippen LogP contribution in [0.2, 0.25) is 0 Å². The van der Waals surface area contributed by atoms with Crippen molar-refractivity contribution in [3.05, 3.63) is 57.8 Å². The Bertz CT molecular complexity index is 703. The predicted octanol–water partition coefficient (Wildman–Crippen LogP) is 2.95. The summed E-state index contributed by atoms with van der Waals surface area (Å²) in [5, 5.41) is 10.8. The number of rotatable bonds is 5. The van der Waals surface area contributed by atoms with Crippen LogP contribution >= 0.6 is 11.3 Å². The van der Waals surface area contributed by atoms with Gasteiger partial charge in [0.1, 0.15) is 0 Å². The van der Waals surface area contributed by atoms with Gasteiger partial charge in [-0.2, -0.15) is 0 Å². The molecule has 0 aliphatic carbocycles. The van der Waals surface area contributed by atoms with Gasteiger partial charge in [0.05, 0.1) is 17.2 Å². The maximum Gasteiger partial charge on any atom is 0.303 e. The van der Waals surface area contributed by atoms with E-state index >= 15 is 0 Å². The van der Waals surface area contributed by atoms with E-state index in [2.05, 4.69) is 0 Å². The average Bonchev–Trinajstić information content (AvgIpc) is 3.11. The van der Waals surface area contributed by atoms with Crippen LogP contribution in [0, 0.1) is 0 Å². The fourth-order valence-electron chi connectivity index (χ4n) is 2.63. The van der Waals surface area contributed by atoms with Gasteiger partial charge >= 0.3 is 5.97 Å². The zero-order valence-electron chi connectivity index (χ0n) is 11.6. The van der Waals surface area contributed by atoms with Gasteiger partial charge in [-0.25, -0.2) is 0 Å². The second-order valence-corrected chi connectivity index (χ2v) is 5.97. The first kappa shape index (κ1) is 14.5. The molecule has 5 nitrogen and oxygen atoms in total. The number of carbonyl (C=O) groups is 3. The number of nitrogens with zero attached hydrogens (tertiary/aromatic N) is 1. The number of thiophene rings is 1. The number of amides is 2. The quantitative estimate of drug-likeness (QED) is 0.861. The molecule has 0 radical (unpaired) electrons. The van der Waals surface area contributed by atoms with Gasteiger partial charge in [0.2, 0.25) is 0 Å². The number of carboxylic acid groups (broad SMARTS) is 1. The molecule has 1 unspecified atom stereocenters. The topological polar surface area (TPSA) is 74.7 Å². The molecule has 112 valence electrons. The molecule has 1 aromatic heterocycles. The summed E-state index contributed by atoms with van der Waals surface area (Å²) in [6, 6.07) is 9.78. The third kappa shape index (κ3) is 2.42. The van der Waals surface area contributed by atoms with Gasteiger partial charge in [0, 0.05) is 11.3 Å². The van der Waals surface area contributed by atoms with E-state index < -0.39 is 12.0 Å². The summed E-state index contributed by atoms with van der Waals surface area (Å²) in [5.74, 6) is -1.66. The third-order valence-corrected chi connectivity index (χ3v) is 4.61. The second kappa shape index (κ2) is 5.73. The smallest absolute Gasteiger partial charge is 0.303 e. The maximum atomic E-state index is 12.6. The highest BCUT2D eigenvalue weighted by atomic mass is 32.1. The van der Waals surface area contributed by atoms with E-state index in [-0.39, 0.29) is 24.7 Å². The largest absolute Gasteiger partial charge is 0.481 e. The highest BCUT2D eigenvalue weighted by Crippen LogP contribution is 2.35. The molecule has 0 fully saturated rings. The molecular weight excluding hydrogens is 302 g/mol. The van der Waals surface area contributed by atoms with Crippen molar-refractivity contribution in [3.8, 4) is 0 Å². The summed E-state index contributed by atoms with van der Waals surface area (Å²) in [4.78, 5) is 38.0. The van der Waals surface area contributed by atoms with E-state index in [1.54, 1.807) is 24.3 Å². The van der Waals surface area contributed by atoms with Gasteiger partial charge in [-0.05, 0) is 30.0 Å². The Hall–Kier alpha value is -2.47. The van der Waals surface area contributed by atoms with Crippen molar-refractivity contribution in [2.45, 2.75) is 18.9 Å². The summed E-state index contributed by atoms with van der Waals surface area (Å²) in [5.41, 5.74) is 0.758. The van der Waals surface area contributed by atoms with E-state index in [1.165, 1.54) is 16.2 Å². The Morgan fingerprint density at radius 1 is 1.09 bits per heavy atom. The Morgan fingerprint density at radius 2 is 1.73 bits per heavy atom. The number of carboxylic acids is 1. The monoisotopic (exact) mass is 315 g/mol. The fourth-order valence-corrected chi connectivity index (χ4v) is 3.48. The molecule has 0 saturated heterocycles. The normalized spacial score (nSPS) is 15.0. The van der Waals surface area contributed by atoms with E-state index in [9.17, 15) is 14.4 Å². The van der Waals surface area contributed by atoms with Gasteiger partial charge in [-0.15, -0.1) is 11.3 Å². The van der Waals surface area contributed by atoms with Crippen LogP contribution in [0.15, 0.2) is 41.8 Å². The molecule has 6 heteroatoms. The summed E-state index contributed by atoms with van der Waals surface area (Å²) >= 11 is 1.41. The highest BCUT2D eigenvalue weighted by molar-refractivity contribution is 7.10. The molecular formula is C16H13NO4S. The van der Waals surface area contributed by atoms with Gasteiger partial charge in [-0.3, -0.25) is 19.3 Å². The number of fused-ring (bicyclic) bond motifs is 1. The van der Waals surface area contributed by atoms with Crippen molar-refractivity contribution in [2.24, 2.45) is 0 Å². The first-order chi connectivity index (χ1) is 10.6. The Kier molecular flexibility index (Phi) is 3.77. The number of imide groups is 1. The number of benzene rings is 1. The van der Waals surface area contributed by atoms with Crippen LogP contribution in [-0.4, -0.2) is 27.8 Å². The molecule has 2 aromatic rings. The molecule has 3 rings (SSSR count). The van der Waals surface area contributed by atoms with Gasteiger partial charge in [-0.1, -0.05) is 18.2 Å². The third-order valence-electron chi connectivity index (χ3n) is 3.64. The lowest BCUT2D eigenvalue weighted by molar-refractivity contribution is -0.137. The maximum absolute atomic E-state index is 12.6. The fraction of sp³-hybridized carbons (Fsp3) is 0.188. The standard InChI is InChI=1S/C16H13NO4S/c18-14(19)8-7-12(13-6-3-9-22-13)17-15(20)10-4-1-2-5-11(10)16(17)21/h1-6,9,12H,7-8H2,(H,18,19). The van der Waals surface area contributed by atoms with Crippen molar-refractivity contribution < 1.29 is 19.5 Å². The first-order valence-electron chi connectivity index (χ1n) is 6.81.